The van der Waals surface area contributed by atoms with Crippen molar-refractivity contribution in [2.45, 2.75) is 31.9 Å². The number of nitrogens with two attached hydrogens (primary N) is 1. The summed E-state index contributed by atoms with van der Waals surface area (Å²) in [7, 11) is 1.62. The van der Waals surface area contributed by atoms with Crippen LogP contribution in [0.15, 0.2) is 28.7 Å². The van der Waals surface area contributed by atoms with Crippen LogP contribution in [0.4, 0.5) is 5.69 Å². The summed E-state index contributed by atoms with van der Waals surface area (Å²) in [5, 5.41) is 3.12. The molecule has 0 radical (unpaired) electrons. The molecule has 1 amide bonds. The van der Waals surface area contributed by atoms with E-state index in [1.807, 2.05) is 38.1 Å². The van der Waals surface area contributed by atoms with Crippen molar-refractivity contribution in [3.05, 3.63) is 28.7 Å². The van der Waals surface area contributed by atoms with Crippen molar-refractivity contribution in [1.82, 2.24) is 0 Å². The van der Waals surface area contributed by atoms with Gasteiger partial charge in [0, 0.05) is 23.7 Å². The summed E-state index contributed by atoms with van der Waals surface area (Å²) in [5.41, 5.74) is 5.86. The highest BCUT2D eigenvalue weighted by Crippen LogP contribution is 2.20. The Balaban J connectivity index is 2.75. The molecule has 0 aliphatic heterocycles. The van der Waals surface area contributed by atoms with Crippen LogP contribution in [0.2, 0.25) is 0 Å². The number of hydrogen-bond donors (Lipinski definition) is 2. The first-order valence-electron chi connectivity index (χ1n) is 5.70. The molecule has 1 aromatic carbocycles. The third kappa shape index (κ3) is 4.66. The molecule has 0 aliphatic carbocycles. The Kier molecular flexibility index (Phi) is 5.16. The number of anilines is 1. The van der Waals surface area contributed by atoms with Gasteiger partial charge in [-0.05, 0) is 38.1 Å². The molecule has 100 valence electrons. The van der Waals surface area contributed by atoms with Gasteiger partial charge in [0.2, 0.25) is 5.91 Å². The normalized spacial score (nSPS) is 13.1. The van der Waals surface area contributed by atoms with Crippen molar-refractivity contribution in [1.29, 1.82) is 0 Å². The fourth-order valence-corrected chi connectivity index (χ4v) is 1.81. The molecule has 18 heavy (non-hydrogen) atoms. The maximum absolute atomic E-state index is 11.5. The Morgan fingerprint density at radius 3 is 2.44 bits per heavy atom. The largest absolute Gasteiger partial charge is 0.379 e. The third-order valence-corrected chi connectivity index (χ3v) is 3.31. The number of halogens is 1. The summed E-state index contributed by atoms with van der Waals surface area (Å²) in [6, 6.07) is 7.13. The molecule has 5 heteroatoms. The van der Waals surface area contributed by atoms with E-state index in [9.17, 15) is 4.79 Å². The minimum absolute atomic E-state index is 0.386. The van der Waals surface area contributed by atoms with E-state index in [1.165, 1.54) is 0 Å². The first kappa shape index (κ1) is 15.0. The van der Waals surface area contributed by atoms with Crippen molar-refractivity contribution in [3.8, 4) is 0 Å². The zero-order valence-electron chi connectivity index (χ0n) is 10.9. The Labute approximate surface area is 116 Å². The Bertz CT molecular complexity index is 404. The minimum atomic E-state index is -0.457. The molecule has 0 aromatic heterocycles. The topological polar surface area (TPSA) is 64.3 Å². The van der Waals surface area contributed by atoms with Crippen molar-refractivity contribution >= 4 is 27.5 Å². The predicted octanol–water partition coefficient (Wildman–Crippen LogP) is 2.53. The molecule has 1 unspecified atom stereocenters. The van der Waals surface area contributed by atoms with Gasteiger partial charge in [0.1, 0.15) is 6.04 Å². The van der Waals surface area contributed by atoms with Gasteiger partial charge >= 0.3 is 0 Å². The zero-order valence-corrected chi connectivity index (χ0v) is 12.5. The number of hydrogen-bond acceptors (Lipinski definition) is 3. The summed E-state index contributed by atoms with van der Waals surface area (Å²) in [6.45, 7) is 3.85. The van der Waals surface area contributed by atoms with E-state index in [-0.39, 0.29) is 5.91 Å². The van der Waals surface area contributed by atoms with E-state index in [1.54, 1.807) is 7.11 Å². The number of nitrogens with one attached hydrogen (secondary N) is 1. The first-order chi connectivity index (χ1) is 8.34. The summed E-state index contributed by atoms with van der Waals surface area (Å²) >= 11 is 3.36. The first-order valence-corrected chi connectivity index (χ1v) is 6.50. The Morgan fingerprint density at radius 1 is 1.44 bits per heavy atom. The maximum Gasteiger partial charge on any atom is 0.240 e. The van der Waals surface area contributed by atoms with Gasteiger partial charge in [-0.3, -0.25) is 4.79 Å². The molecule has 0 heterocycles. The molecular weight excluding hydrogens is 296 g/mol. The highest BCUT2D eigenvalue weighted by atomic mass is 79.9. The number of amides is 1. The van der Waals surface area contributed by atoms with Crippen LogP contribution in [0.1, 0.15) is 20.3 Å². The standard InChI is InChI=1S/C13H19BrN2O2/c1-13(2,18-3)8-11(12(15)17)16-10-6-4-9(14)5-7-10/h4-7,11,16H,8H2,1-3H3,(H2,15,17). The van der Waals surface area contributed by atoms with Crippen molar-refractivity contribution < 1.29 is 9.53 Å². The molecule has 1 rings (SSSR count). The summed E-state index contributed by atoms with van der Waals surface area (Å²) in [6.07, 6.45) is 0.509. The van der Waals surface area contributed by atoms with Crippen LogP contribution >= 0.6 is 15.9 Å². The number of rotatable bonds is 6. The highest BCUT2D eigenvalue weighted by molar-refractivity contribution is 9.10. The highest BCUT2D eigenvalue weighted by Gasteiger charge is 2.26. The van der Waals surface area contributed by atoms with Crippen LogP contribution in [0, 0.1) is 0 Å². The van der Waals surface area contributed by atoms with Crippen molar-refractivity contribution in [2.24, 2.45) is 5.73 Å². The van der Waals surface area contributed by atoms with Crippen LogP contribution < -0.4 is 11.1 Å². The third-order valence-electron chi connectivity index (χ3n) is 2.78. The van der Waals surface area contributed by atoms with Gasteiger partial charge in [0.05, 0.1) is 5.60 Å². The van der Waals surface area contributed by atoms with Gasteiger partial charge in [-0.15, -0.1) is 0 Å². The number of benzene rings is 1. The van der Waals surface area contributed by atoms with E-state index in [0.717, 1.165) is 10.2 Å². The molecule has 0 bridgehead atoms. The fourth-order valence-electron chi connectivity index (χ4n) is 1.54. The van der Waals surface area contributed by atoms with Crippen LogP contribution in [0.5, 0.6) is 0 Å². The maximum atomic E-state index is 11.5. The number of primary amides is 1. The van der Waals surface area contributed by atoms with E-state index in [2.05, 4.69) is 21.2 Å². The van der Waals surface area contributed by atoms with Gasteiger partial charge in [0.15, 0.2) is 0 Å². The summed E-state index contributed by atoms with van der Waals surface area (Å²) < 4.78 is 6.31. The van der Waals surface area contributed by atoms with Gasteiger partial charge < -0.3 is 15.8 Å². The van der Waals surface area contributed by atoms with E-state index in [0.29, 0.717) is 6.42 Å². The van der Waals surface area contributed by atoms with Gasteiger partial charge in [-0.2, -0.15) is 0 Å². The van der Waals surface area contributed by atoms with E-state index < -0.39 is 11.6 Å². The van der Waals surface area contributed by atoms with Gasteiger partial charge in [0.25, 0.3) is 0 Å². The molecule has 4 nitrogen and oxygen atoms in total. The van der Waals surface area contributed by atoms with E-state index >= 15 is 0 Å². The van der Waals surface area contributed by atoms with Crippen LogP contribution in [0.3, 0.4) is 0 Å². The SMILES string of the molecule is COC(C)(C)CC(Nc1ccc(Br)cc1)C(N)=O. The van der Waals surface area contributed by atoms with Crippen LogP contribution in [-0.2, 0) is 9.53 Å². The monoisotopic (exact) mass is 314 g/mol. The van der Waals surface area contributed by atoms with E-state index in [4.69, 9.17) is 10.5 Å². The quantitative estimate of drug-likeness (QED) is 0.848. The lowest BCUT2D eigenvalue weighted by molar-refractivity contribution is -0.120. The van der Waals surface area contributed by atoms with Gasteiger partial charge in [-0.25, -0.2) is 0 Å². The number of methoxy groups -OCH3 is 1. The Hall–Kier alpha value is -1.07. The Morgan fingerprint density at radius 2 is 2.00 bits per heavy atom. The molecular formula is C13H19BrN2O2. The summed E-state index contributed by atoms with van der Waals surface area (Å²) in [5.74, 6) is -0.386. The lowest BCUT2D eigenvalue weighted by Gasteiger charge is -2.28. The van der Waals surface area contributed by atoms with Crippen LogP contribution in [0.25, 0.3) is 0 Å². The lowest BCUT2D eigenvalue weighted by atomic mass is 9.98. The lowest BCUT2D eigenvalue weighted by Crippen LogP contribution is -2.41. The zero-order chi connectivity index (χ0) is 13.8. The molecule has 1 atom stereocenters. The van der Waals surface area contributed by atoms with Crippen molar-refractivity contribution in [2.75, 3.05) is 12.4 Å². The second-order valence-electron chi connectivity index (χ2n) is 4.77. The summed E-state index contributed by atoms with van der Waals surface area (Å²) in [4.78, 5) is 11.5. The average molecular weight is 315 g/mol. The minimum Gasteiger partial charge on any atom is -0.379 e. The predicted molar refractivity (Wildman–Crippen MR) is 76.5 cm³/mol. The smallest absolute Gasteiger partial charge is 0.240 e. The van der Waals surface area contributed by atoms with Crippen LogP contribution in [-0.4, -0.2) is 24.7 Å². The molecule has 0 spiro atoms. The molecule has 0 saturated carbocycles. The van der Waals surface area contributed by atoms with Gasteiger partial charge in [-0.1, -0.05) is 15.9 Å². The molecule has 0 fully saturated rings. The second kappa shape index (κ2) is 6.20. The molecule has 3 N–H and O–H groups in total. The molecule has 0 aliphatic rings. The fraction of sp³-hybridized carbons (Fsp3) is 0.462. The van der Waals surface area contributed by atoms with Crippen molar-refractivity contribution in [3.63, 3.8) is 0 Å². The number of carbonyl (C=O) groups is 1. The number of carbonyl (C=O) groups excluding carboxylic acids is 1. The second-order valence-corrected chi connectivity index (χ2v) is 5.69. The molecule has 0 saturated heterocycles. The number of ether oxygens (including phenoxy) is 1. The average Bonchev–Trinajstić information content (AvgIpc) is 2.31. The molecule has 1 aromatic rings.